The van der Waals surface area contributed by atoms with Gasteiger partial charge < -0.3 is 10.2 Å². The fraction of sp³-hybridized carbons (Fsp3) is 0.400. The van der Waals surface area contributed by atoms with Crippen LogP contribution in [0.25, 0.3) is 0 Å². The molecule has 1 aromatic heterocycles. The van der Waals surface area contributed by atoms with Crippen LogP contribution in [0.5, 0.6) is 0 Å². The van der Waals surface area contributed by atoms with Crippen LogP contribution in [-0.4, -0.2) is 51.5 Å². The van der Waals surface area contributed by atoms with Crippen LogP contribution in [0.4, 0.5) is 4.39 Å². The molecule has 0 bridgehead atoms. The molecule has 1 N–H and O–H groups in total. The minimum atomic E-state index is -0.288. The molecule has 1 fully saturated rings. The molecule has 1 amide bonds. The maximum atomic E-state index is 13.2. The zero-order valence-corrected chi connectivity index (χ0v) is 13.6. The Balaban J connectivity index is 0.00000192. The molecule has 1 aliphatic heterocycles. The summed E-state index contributed by atoms with van der Waals surface area (Å²) in [5.74, 6) is -0.400. The van der Waals surface area contributed by atoms with Gasteiger partial charge in [0.2, 0.25) is 0 Å². The molecule has 0 radical (unpaired) electrons. The summed E-state index contributed by atoms with van der Waals surface area (Å²) in [6.07, 6.45) is 1.61. The van der Waals surface area contributed by atoms with E-state index in [1.54, 1.807) is 21.8 Å². The van der Waals surface area contributed by atoms with Gasteiger partial charge in [-0.05, 0) is 24.6 Å². The van der Waals surface area contributed by atoms with Gasteiger partial charge in [0, 0.05) is 25.7 Å². The van der Waals surface area contributed by atoms with Crippen molar-refractivity contribution in [2.24, 2.45) is 0 Å². The summed E-state index contributed by atoms with van der Waals surface area (Å²) in [6, 6.07) is 6.43. The predicted molar refractivity (Wildman–Crippen MR) is 86.1 cm³/mol. The van der Waals surface area contributed by atoms with Crippen molar-refractivity contribution in [1.82, 2.24) is 25.2 Å². The highest BCUT2D eigenvalue weighted by molar-refractivity contribution is 5.92. The third-order valence-corrected chi connectivity index (χ3v) is 3.75. The normalized spacial score (nSPS) is 17.7. The number of nitrogens with zero attached hydrogens (tertiary/aromatic N) is 4. The molecule has 0 aliphatic carbocycles. The maximum absolute atomic E-state index is 13.2. The monoisotopic (exact) mass is 339 g/mol. The summed E-state index contributed by atoms with van der Waals surface area (Å²) in [4.78, 5) is 14.3. The first-order valence-corrected chi connectivity index (χ1v) is 7.30. The molecule has 1 saturated heterocycles. The standard InChI is InChI=1S/C15H18FN5O.ClH/c1-11-8-17-5-6-21(11)15(22)14-10-20(19-18-14)9-12-3-2-4-13(16)7-12;/h2-4,7,10-11,17H,5-6,8-9H2,1H3;1H/t11-;/m0./s1. The van der Waals surface area contributed by atoms with Crippen molar-refractivity contribution in [3.8, 4) is 0 Å². The summed E-state index contributed by atoms with van der Waals surface area (Å²) in [6.45, 7) is 4.61. The van der Waals surface area contributed by atoms with Crippen molar-refractivity contribution in [1.29, 1.82) is 0 Å². The smallest absolute Gasteiger partial charge is 0.276 e. The molecule has 1 atom stereocenters. The highest BCUT2D eigenvalue weighted by Gasteiger charge is 2.25. The number of carbonyl (C=O) groups is 1. The van der Waals surface area contributed by atoms with Crippen molar-refractivity contribution in [2.75, 3.05) is 19.6 Å². The van der Waals surface area contributed by atoms with E-state index in [9.17, 15) is 9.18 Å². The summed E-state index contributed by atoms with van der Waals surface area (Å²) < 4.78 is 14.7. The van der Waals surface area contributed by atoms with Crippen LogP contribution in [-0.2, 0) is 6.54 Å². The molecule has 1 aliphatic rings. The van der Waals surface area contributed by atoms with Gasteiger partial charge in [-0.2, -0.15) is 0 Å². The van der Waals surface area contributed by atoms with Gasteiger partial charge in [0.15, 0.2) is 5.69 Å². The summed E-state index contributed by atoms with van der Waals surface area (Å²) >= 11 is 0. The molecular weight excluding hydrogens is 321 g/mol. The van der Waals surface area contributed by atoms with E-state index >= 15 is 0 Å². The Hall–Kier alpha value is -1.99. The number of hydrogen-bond donors (Lipinski definition) is 1. The van der Waals surface area contributed by atoms with E-state index in [0.29, 0.717) is 18.8 Å². The summed E-state index contributed by atoms with van der Waals surface area (Å²) in [5.41, 5.74) is 1.10. The van der Waals surface area contributed by atoms with Gasteiger partial charge in [-0.3, -0.25) is 4.79 Å². The first-order valence-electron chi connectivity index (χ1n) is 7.30. The van der Waals surface area contributed by atoms with E-state index in [2.05, 4.69) is 15.6 Å². The van der Waals surface area contributed by atoms with Crippen LogP contribution in [0.3, 0.4) is 0 Å². The van der Waals surface area contributed by atoms with Gasteiger partial charge in [-0.15, -0.1) is 17.5 Å². The van der Waals surface area contributed by atoms with Crippen molar-refractivity contribution in [2.45, 2.75) is 19.5 Å². The maximum Gasteiger partial charge on any atom is 0.276 e. The average Bonchev–Trinajstić information content (AvgIpc) is 2.95. The molecule has 2 heterocycles. The zero-order valence-electron chi connectivity index (χ0n) is 12.8. The molecule has 0 saturated carbocycles. The molecule has 0 unspecified atom stereocenters. The number of halogens is 2. The lowest BCUT2D eigenvalue weighted by molar-refractivity contribution is 0.0649. The number of aromatic nitrogens is 3. The van der Waals surface area contributed by atoms with Gasteiger partial charge >= 0.3 is 0 Å². The van der Waals surface area contributed by atoms with Gasteiger partial charge in [0.1, 0.15) is 5.82 Å². The topological polar surface area (TPSA) is 63.1 Å². The van der Waals surface area contributed by atoms with Crippen LogP contribution in [0.15, 0.2) is 30.5 Å². The Kier molecular flexibility index (Phi) is 5.68. The SMILES string of the molecule is C[C@H]1CNCCN1C(=O)c1cn(Cc2cccc(F)c2)nn1.Cl. The quantitative estimate of drug-likeness (QED) is 0.916. The van der Waals surface area contributed by atoms with Crippen molar-refractivity contribution < 1.29 is 9.18 Å². The third-order valence-electron chi connectivity index (χ3n) is 3.75. The summed E-state index contributed by atoms with van der Waals surface area (Å²) in [5, 5.41) is 11.2. The fourth-order valence-corrected chi connectivity index (χ4v) is 2.59. The second kappa shape index (κ2) is 7.52. The molecule has 1 aromatic carbocycles. The van der Waals surface area contributed by atoms with Crippen LogP contribution in [0.2, 0.25) is 0 Å². The van der Waals surface area contributed by atoms with Gasteiger partial charge in [-0.1, -0.05) is 17.3 Å². The highest BCUT2D eigenvalue weighted by Crippen LogP contribution is 2.10. The lowest BCUT2D eigenvalue weighted by Gasteiger charge is -2.33. The third kappa shape index (κ3) is 4.05. The van der Waals surface area contributed by atoms with E-state index in [1.165, 1.54) is 12.1 Å². The second-order valence-electron chi connectivity index (χ2n) is 5.48. The van der Waals surface area contributed by atoms with Crippen molar-refractivity contribution in [3.63, 3.8) is 0 Å². The Morgan fingerprint density at radius 2 is 2.30 bits per heavy atom. The lowest BCUT2D eigenvalue weighted by atomic mass is 10.2. The van der Waals surface area contributed by atoms with Crippen LogP contribution < -0.4 is 5.32 Å². The molecule has 6 nitrogen and oxygen atoms in total. The summed E-state index contributed by atoms with van der Waals surface area (Å²) in [7, 11) is 0. The Morgan fingerprint density at radius 1 is 1.48 bits per heavy atom. The Bertz CT molecular complexity index is 677. The molecule has 8 heteroatoms. The number of carbonyl (C=O) groups excluding carboxylic acids is 1. The van der Waals surface area contributed by atoms with E-state index in [4.69, 9.17) is 0 Å². The van der Waals surface area contributed by atoms with Crippen LogP contribution in [0, 0.1) is 5.82 Å². The van der Waals surface area contributed by atoms with Gasteiger partial charge in [0.25, 0.3) is 5.91 Å². The lowest BCUT2D eigenvalue weighted by Crippen LogP contribution is -2.52. The molecule has 23 heavy (non-hydrogen) atoms. The van der Waals surface area contributed by atoms with Crippen LogP contribution >= 0.6 is 12.4 Å². The van der Waals surface area contributed by atoms with E-state index < -0.39 is 0 Å². The molecular formula is C15H19ClFN5O. The van der Waals surface area contributed by atoms with Crippen molar-refractivity contribution in [3.05, 3.63) is 47.5 Å². The number of rotatable bonds is 3. The second-order valence-corrected chi connectivity index (χ2v) is 5.48. The Labute approximate surface area is 140 Å². The van der Waals surface area contributed by atoms with Gasteiger partial charge in [0.05, 0.1) is 12.7 Å². The van der Waals surface area contributed by atoms with Crippen LogP contribution in [0.1, 0.15) is 23.0 Å². The number of piperazine rings is 1. The predicted octanol–water partition coefficient (Wildman–Crippen LogP) is 1.32. The number of benzene rings is 1. The first-order chi connectivity index (χ1) is 10.6. The number of nitrogens with one attached hydrogen (secondary N) is 1. The first kappa shape index (κ1) is 17.4. The van der Waals surface area contributed by atoms with Crippen molar-refractivity contribution >= 4 is 18.3 Å². The minimum Gasteiger partial charge on any atom is -0.332 e. The molecule has 2 aromatic rings. The largest absolute Gasteiger partial charge is 0.332 e. The molecule has 124 valence electrons. The zero-order chi connectivity index (χ0) is 15.5. The van der Waals surface area contributed by atoms with E-state index in [0.717, 1.165) is 18.7 Å². The fourth-order valence-electron chi connectivity index (χ4n) is 2.59. The molecule has 3 rings (SSSR count). The number of hydrogen-bond acceptors (Lipinski definition) is 4. The minimum absolute atomic E-state index is 0. The van der Waals surface area contributed by atoms with E-state index in [-0.39, 0.29) is 30.2 Å². The Morgan fingerprint density at radius 3 is 3.04 bits per heavy atom. The van der Waals surface area contributed by atoms with E-state index in [1.807, 2.05) is 13.0 Å². The number of amides is 1. The molecule has 0 spiro atoms. The average molecular weight is 340 g/mol. The van der Waals surface area contributed by atoms with Gasteiger partial charge in [-0.25, -0.2) is 9.07 Å². The highest BCUT2D eigenvalue weighted by atomic mass is 35.5.